The molecule has 0 bridgehead atoms. The van der Waals surface area contributed by atoms with Gasteiger partial charge in [0.05, 0.1) is 22.4 Å². The molecule has 0 radical (unpaired) electrons. The van der Waals surface area contributed by atoms with E-state index < -0.39 is 6.04 Å². The van der Waals surface area contributed by atoms with E-state index in [4.69, 9.17) is 4.98 Å². The van der Waals surface area contributed by atoms with Crippen LogP contribution < -0.4 is 0 Å². The molecule has 6 nitrogen and oxygen atoms in total. The minimum atomic E-state index is -0.408. The molecule has 1 unspecified atom stereocenters. The third-order valence-electron chi connectivity index (χ3n) is 4.92. The first-order valence-corrected chi connectivity index (χ1v) is 9.21. The smallest absolute Gasteiger partial charge is 0.125 e. The molecule has 0 aliphatic rings. The molecule has 0 saturated heterocycles. The normalized spacial score (nSPS) is 12.4. The number of benzene rings is 2. The lowest BCUT2D eigenvalue weighted by atomic mass is 10.1. The van der Waals surface area contributed by atoms with E-state index >= 15 is 0 Å². The van der Waals surface area contributed by atoms with Gasteiger partial charge in [0.2, 0.25) is 0 Å². The topological polar surface area (TPSA) is 65.1 Å². The molecule has 4 aromatic rings. The maximum absolute atomic E-state index is 13.6. The molecule has 4 rings (SSSR count). The van der Waals surface area contributed by atoms with Crippen molar-refractivity contribution in [2.24, 2.45) is 5.18 Å². The highest BCUT2D eigenvalue weighted by molar-refractivity contribution is 5.77. The number of aromatic nitrogens is 4. The van der Waals surface area contributed by atoms with Crippen molar-refractivity contribution >= 4 is 11.0 Å². The summed E-state index contributed by atoms with van der Waals surface area (Å²) < 4.78 is 17.5. The maximum atomic E-state index is 13.6. The lowest BCUT2D eigenvalue weighted by Crippen LogP contribution is -2.07. The number of fused-ring (bicyclic) bond motifs is 1. The van der Waals surface area contributed by atoms with Gasteiger partial charge < -0.3 is 4.57 Å². The number of imidazole rings is 1. The Morgan fingerprint density at radius 1 is 1.18 bits per heavy atom. The number of hydrogen-bond acceptors (Lipinski definition) is 4. The second-order valence-electron chi connectivity index (χ2n) is 6.69. The monoisotopic (exact) mass is 377 g/mol. The number of halogens is 1. The number of hydrogen-bond donors (Lipinski definition) is 0. The second kappa shape index (κ2) is 7.34. The molecular formula is C21H20FN5O. The van der Waals surface area contributed by atoms with Gasteiger partial charge >= 0.3 is 0 Å². The third-order valence-corrected chi connectivity index (χ3v) is 4.92. The Labute approximate surface area is 161 Å². The van der Waals surface area contributed by atoms with Crippen molar-refractivity contribution in [3.8, 4) is 5.69 Å². The van der Waals surface area contributed by atoms with Crippen LogP contribution in [0.15, 0.2) is 59.9 Å². The highest BCUT2D eigenvalue weighted by Gasteiger charge is 2.15. The van der Waals surface area contributed by atoms with Crippen molar-refractivity contribution in [1.82, 2.24) is 19.3 Å². The van der Waals surface area contributed by atoms with Crippen molar-refractivity contribution in [1.29, 1.82) is 0 Å². The second-order valence-corrected chi connectivity index (χ2v) is 6.69. The predicted octanol–water partition coefficient (Wildman–Crippen LogP) is 4.80. The zero-order valence-electron chi connectivity index (χ0n) is 15.7. The first kappa shape index (κ1) is 18.0. The van der Waals surface area contributed by atoms with Crippen molar-refractivity contribution in [2.45, 2.75) is 32.9 Å². The van der Waals surface area contributed by atoms with Crippen LogP contribution in [-0.2, 0) is 13.0 Å². The molecule has 2 aromatic carbocycles. The summed E-state index contributed by atoms with van der Waals surface area (Å²) in [5.74, 6) is 0.588. The summed E-state index contributed by atoms with van der Waals surface area (Å²) in [6.45, 7) is 4.60. The van der Waals surface area contributed by atoms with Gasteiger partial charge in [0.15, 0.2) is 0 Å². The summed E-state index contributed by atoms with van der Waals surface area (Å²) in [6, 6.07) is 13.7. The van der Waals surface area contributed by atoms with Crippen LogP contribution in [0, 0.1) is 10.7 Å². The van der Waals surface area contributed by atoms with Gasteiger partial charge in [-0.3, -0.25) is 0 Å². The minimum Gasteiger partial charge on any atom is -0.328 e. The molecule has 0 saturated carbocycles. The number of aryl methyl sites for hydroxylation is 1. The highest BCUT2D eigenvalue weighted by atomic mass is 19.1. The Hall–Kier alpha value is -3.35. The molecular weight excluding hydrogens is 357 g/mol. The van der Waals surface area contributed by atoms with Crippen LogP contribution >= 0.6 is 0 Å². The standard InChI is InChI=1S/C21H20FN5O/c1-3-26-20-8-7-15(14(2)25-28)11-19(20)24-21(26)13-18-9-10-23-27(18)17-6-4-5-16(22)12-17/h4-12,14H,3,13H2,1-2H3. The van der Waals surface area contributed by atoms with E-state index in [9.17, 15) is 9.30 Å². The van der Waals surface area contributed by atoms with E-state index in [0.29, 0.717) is 12.1 Å². The summed E-state index contributed by atoms with van der Waals surface area (Å²) in [4.78, 5) is 15.7. The van der Waals surface area contributed by atoms with E-state index in [1.807, 2.05) is 30.3 Å². The fraction of sp³-hybridized carbons (Fsp3) is 0.238. The van der Waals surface area contributed by atoms with Gasteiger partial charge in [-0.2, -0.15) is 10.0 Å². The van der Waals surface area contributed by atoms with Gasteiger partial charge in [-0.05, 0) is 55.8 Å². The Bertz CT molecular complexity index is 1150. The largest absolute Gasteiger partial charge is 0.328 e. The first-order chi connectivity index (χ1) is 13.6. The minimum absolute atomic E-state index is 0.301. The lowest BCUT2D eigenvalue weighted by Gasteiger charge is -2.09. The molecule has 2 heterocycles. The summed E-state index contributed by atoms with van der Waals surface area (Å²) in [5.41, 5.74) is 4.28. The van der Waals surface area contributed by atoms with Gasteiger partial charge in [0, 0.05) is 19.2 Å². The highest BCUT2D eigenvalue weighted by Crippen LogP contribution is 2.25. The van der Waals surface area contributed by atoms with E-state index in [1.54, 1.807) is 23.9 Å². The molecule has 1 atom stereocenters. The van der Waals surface area contributed by atoms with E-state index in [2.05, 4.69) is 21.8 Å². The van der Waals surface area contributed by atoms with Gasteiger partial charge in [0.25, 0.3) is 0 Å². The van der Waals surface area contributed by atoms with E-state index in [1.165, 1.54) is 12.1 Å². The molecule has 0 aliphatic heterocycles. The van der Waals surface area contributed by atoms with Gasteiger partial charge in [-0.25, -0.2) is 14.1 Å². The molecule has 0 aliphatic carbocycles. The Kier molecular flexibility index (Phi) is 4.73. The average molecular weight is 377 g/mol. The number of nitrogens with zero attached hydrogens (tertiary/aromatic N) is 5. The van der Waals surface area contributed by atoms with Crippen LogP contribution in [0.3, 0.4) is 0 Å². The molecule has 0 amide bonds. The predicted molar refractivity (Wildman–Crippen MR) is 106 cm³/mol. The molecule has 0 fully saturated rings. The van der Waals surface area contributed by atoms with Gasteiger partial charge in [-0.15, -0.1) is 0 Å². The summed E-state index contributed by atoms with van der Waals surface area (Å²) >= 11 is 0. The molecule has 28 heavy (non-hydrogen) atoms. The van der Waals surface area contributed by atoms with Crippen LogP contribution in [0.1, 0.15) is 37.0 Å². The zero-order chi connectivity index (χ0) is 19.7. The van der Waals surface area contributed by atoms with Crippen LogP contribution in [0.25, 0.3) is 16.7 Å². The molecule has 0 spiro atoms. The van der Waals surface area contributed by atoms with Crippen LogP contribution in [-0.4, -0.2) is 19.3 Å². The lowest BCUT2D eigenvalue weighted by molar-refractivity contribution is 0.624. The molecule has 2 aromatic heterocycles. The number of nitroso groups, excluding NO2 is 1. The van der Waals surface area contributed by atoms with Crippen LogP contribution in [0.5, 0.6) is 0 Å². The Morgan fingerprint density at radius 3 is 2.79 bits per heavy atom. The molecule has 142 valence electrons. The molecule has 7 heteroatoms. The number of rotatable bonds is 6. The summed E-state index contributed by atoms with van der Waals surface area (Å²) in [5, 5.41) is 7.45. The Balaban J connectivity index is 1.74. The SMILES string of the molecule is CCn1c(Cc2ccnn2-c2cccc(F)c2)nc2cc(C(C)N=O)ccc21. The first-order valence-electron chi connectivity index (χ1n) is 9.21. The van der Waals surface area contributed by atoms with Crippen LogP contribution in [0.4, 0.5) is 4.39 Å². The fourth-order valence-electron chi connectivity index (χ4n) is 3.47. The van der Waals surface area contributed by atoms with E-state index in [-0.39, 0.29) is 5.82 Å². The summed E-state index contributed by atoms with van der Waals surface area (Å²) in [6.07, 6.45) is 2.25. The maximum Gasteiger partial charge on any atom is 0.125 e. The zero-order valence-corrected chi connectivity index (χ0v) is 15.7. The quantitative estimate of drug-likeness (QED) is 0.453. The Morgan fingerprint density at radius 2 is 2.04 bits per heavy atom. The third kappa shape index (κ3) is 3.19. The van der Waals surface area contributed by atoms with Gasteiger partial charge in [-0.1, -0.05) is 17.3 Å². The summed E-state index contributed by atoms with van der Waals surface area (Å²) in [7, 11) is 0. The van der Waals surface area contributed by atoms with Gasteiger partial charge in [0.1, 0.15) is 17.7 Å². The van der Waals surface area contributed by atoms with E-state index in [0.717, 1.165) is 34.7 Å². The van der Waals surface area contributed by atoms with Crippen molar-refractivity contribution in [3.05, 3.63) is 82.5 Å². The fourth-order valence-corrected chi connectivity index (χ4v) is 3.47. The van der Waals surface area contributed by atoms with Crippen molar-refractivity contribution in [2.75, 3.05) is 0 Å². The van der Waals surface area contributed by atoms with Crippen LogP contribution in [0.2, 0.25) is 0 Å². The van der Waals surface area contributed by atoms with Crippen molar-refractivity contribution < 1.29 is 4.39 Å². The molecule has 0 N–H and O–H groups in total. The average Bonchev–Trinajstić information content (AvgIpc) is 3.30. The van der Waals surface area contributed by atoms with Crippen molar-refractivity contribution in [3.63, 3.8) is 0 Å².